The Kier molecular flexibility index (Phi) is 6.10. The molecule has 162 valence electrons. The van der Waals surface area contributed by atoms with Crippen LogP contribution in [0.2, 0.25) is 0 Å². The molecule has 10 heteroatoms. The fraction of sp³-hybridized carbons (Fsp3) is 0.286. The third-order valence-corrected chi connectivity index (χ3v) is 7.01. The van der Waals surface area contributed by atoms with Crippen LogP contribution in [0.25, 0.3) is 0 Å². The third kappa shape index (κ3) is 4.64. The number of pyridine rings is 1. The van der Waals surface area contributed by atoms with Crippen LogP contribution in [-0.4, -0.2) is 47.9 Å². The van der Waals surface area contributed by atoms with Gasteiger partial charge in [-0.2, -0.15) is 4.31 Å². The predicted octanol–water partition coefficient (Wildman–Crippen LogP) is 3.33. The van der Waals surface area contributed by atoms with Gasteiger partial charge in [0, 0.05) is 37.1 Å². The molecule has 4 rings (SSSR count). The highest BCUT2D eigenvalue weighted by molar-refractivity contribution is 7.89. The highest BCUT2D eigenvalue weighted by Gasteiger charge is 2.33. The summed E-state index contributed by atoms with van der Waals surface area (Å²) in [7, 11) is -2.56. The second-order valence-corrected chi connectivity index (χ2v) is 9.05. The van der Waals surface area contributed by atoms with Crippen LogP contribution >= 0.6 is 0 Å². The zero-order valence-corrected chi connectivity index (χ0v) is 17.7. The Morgan fingerprint density at radius 2 is 1.97 bits per heavy atom. The van der Waals surface area contributed by atoms with Crippen molar-refractivity contribution in [2.75, 3.05) is 25.5 Å². The van der Waals surface area contributed by atoms with Gasteiger partial charge in [-0.25, -0.2) is 27.8 Å². The van der Waals surface area contributed by atoms with Crippen molar-refractivity contribution in [2.24, 2.45) is 0 Å². The second-order valence-electron chi connectivity index (χ2n) is 7.14. The molecule has 0 radical (unpaired) electrons. The zero-order valence-electron chi connectivity index (χ0n) is 16.9. The van der Waals surface area contributed by atoms with Gasteiger partial charge in [0.1, 0.15) is 22.3 Å². The first kappa shape index (κ1) is 21.1. The third-order valence-electron chi connectivity index (χ3n) is 5.12. The summed E-state index contributed by atoms with van der Waals surface area (Å²) in [4.78, 5) is 12.7. The van der Waals surface area contributed by atoms with Crippen LogP contribution in [-0.2, 0) is 10.0 Å². The predicted molar refractivity (Wildman–Crippen MR) is 113 cm³/mol. The number of piperidine rings is 1. The van der Waals surface area contributed by atoms with Gasteiger partial charge < -0.3 is 10.1 Å². The van der Waals surface area contributed by atoms with Crippen molar-refractivity contribution in [2.45, 2.75) is 23.7 Å². The minimum atomic E-state index is -3.92. The molecule has 1 aliphatic heterocycles. The number of hydrogen-bond acceptors (Lipinski definition) is 7. The molecule has 0 aliphatic carbocycles. The van der Waals surface area contributed by atoms with Gasteiger partial charge in [0.25, 0.3) is 0 Å². The standard InChI is InChI=1S/C21H22FN5O3S/c1-30-18-9-8-16(22)13-19(18)31(28,29)27-12-3-5-15(14-27)17-6-2-7-20(25-17)26-21-23-10-4-11-24-21/h2,4,6-11,13,15H,3,5,12,14H2,1H3,(H,23,24,25,26)/t15-/m0/s1. The van der Waals surface area contributed by atoms with Crippen LogP contribution in [0.1, 0.15) is 24.5 Å². The molecule has 3 aromatic rings. The van der Waals surface area contributed by atoms with Crippen molar-refractivity contribution >= 4 is 21.8 Å². The van der Waals surface area contributed by atoms with Gasteiger partial charge in [-0.05, 0) is 49.2 Å². The fourth-order valence-corrected chi connectivity index (χ4v) is 5.31. The normalized spacial score (nSPS) is 17.3. The molecule has 3 heterocycles. The number of nitrogens with zero attached hydrogens (tertiary/aromatic N) is 4. The molecule has 0 spiro atoms. The molecule has 1 N–H and O–H groups in total. The molecule has 31 heavy (non-hydrogen) atoms. The number of benzene rings is 1. The molecule has 0 bridgehead atoms. The minimum absolute atomic E-state index is 0.0958. The molecular formula is C21H22FN5O3S. The molecule has 2 aromatic heterocycles. The first-order valence-electron chi connectivity index (χ1n) is 9.82. The highest BCUT2D eigenvalue weighted by Crippen LogP contribution is 2.33. The topological polar surface area (TPSA) is 97.3 Å². The Bertz CT molecular complexity index is 1160. The van der Waals surface area contributed by atoms with E-state index in [1.165, 1.54) is 23.5 Å². The smallest absolute Gasteiger partial charge is 0.246 e. The van der Waals surface area contributed by atoms with Crippen molar-refractivity contribution in [1.82, 2.24) is 19.3 Å². The van der Waals surface area contributed by atoms with Gasteiger partial charge in [-0.3, -0.25) is 0 Å². The summed E-state index contributed by atoms with van der Waals surface area (Å²) in [5, 5.41) is 3.05. The largest absolute Gasteiger partial charge is 0.495 e. The number of sulfonamides is 1. The van der Waals surface area contributed by atoms with Crippen LogP contribution in [0.3, 0.4) is 0 Å². The fourth-order valence-electron chi connectivity index (χ4n) is 3.62. The maximum atomic E-state index is 13.8. The number of anilines is 2. The van der Waals surface area contributed by atoms with Gasteiger partial charge in [-0.1, -0.05) is 6.07 Å². The number of rotatable bonds is 6. The maximum Gasteiger partial charge on any atom is 0.246 e. The van der Waals surface area contributed by atoms with Crippen LogP contribution in [0.15, 0.2) is 59.8 Å². The summed E-state index contributed by atoms with van der Waals surface area (Å²) < 4.78 is 46.8. The summed E-state index contributed by atoms with van der Waals surface area (Å²) in [5.41, 5.74) is 0.770. The Balaban J connectivity index is 1.56. The van der Waals surface area contributed by atoms with Gasteiger partial charge >= 0.3 is 0 Å². The van der Waals surface area contributed by atoms with Gasteiger partial charge in [0.2, 0.25) is 16.0 Å². The van der Waals surface area contributed by atoms with Crippen molar-refractivity contribution in [1.29, 1.82) is 0 Å². The lowest BCUT2D eigenvalue weighted by Crippen LogP contribution is -2.39. The molecule has 8 nitrogen and oxygen atoms in total. The van der Waals surface area contributed by atoms with Crippen molar-refractivity contribution in [3.8, 4) is 5.75 Å². The van der Waals surface area contributed by atoms with E-state index in [1.807, 2.05) is 12.1 Å². The average molecular weight is 444 g/mol. The van der Waals surface area contributed by atoms with Gasteiger partial charge in [-0.15, -0.1) is 0 Å². The number of halogens is 1. The van der Waals surface area contributed by atoms with Crippen molar-refractivity contribution in [3.05, 3.63) is 66.4 Å². The van der Waals surface area contributed by atoms with E-state index in [4.69, 9.17) is 4.74 Å². The Morgan fingerprint density at radius 3 is 2.74 bits per heavy atom. The number of hydrogen-bond donors (Lipinski definition) is 1. The Morgan fingerprint density at radius 1 is 1.16 bits per heavy atom. The van der Waals surface area contributed by atoms with Crippen LogP contribution < -0.4 is 10.1 Å². The summed E-state index contributed by atoms with van der Waals surface area (Å²) in [6.07, 6.45) is 4.72. The molecule has 1 atom stereocenters. The lowest BCUT2D eigenvalue weighted by Gasteiger charge is -2.32. The summed E-state index contributed by atoms with van der Waals surface area (Å²) in [6, 6.07) is 10.8. The Labute approximate surface area is 180 Å². The highest BCUT2D eigenvalue weighted by atomic mass is 32.2. The molecule has 0 unspecified atom stereocenters. The zero-order chi connectivity index (χ0) is 21.8. The average Bonchev–Trinajstić information content (AvgIpc) is 2.80. The van der Waals surface area contributed by atoms with Gasteiger partial charge in [0.05, 0.1) is 7.11 Å². The van der Waals surface area contributed by atoms with Crippen molar-refractivity contribution in [3.63, 3.8) is 0 Å². The van der Waals surface area contributed by atoms with E-state index in [0.717, 1.165) is 18.2 Å². The second kappa shape index (κ2) is 8.94. The molecule has 0 saturated carbocycles. The maximum absolute atomic E-state index is 13.8. The SMILES string of the molecule is COc1ccc(F)cc1S(=O)(=O)N1CCC[C@H](c2cccc(Nc3ncccn3)n2)C1. The van der Waals surface area contributed by atoms with E-state index in [2.05, 4.69) is 20.3 Å². The molecular weight excluding hydrogens is 421 g/mol. The van der Waals surface area contributed by atoms with E-state index in [1.54, 1.807) is 24.5 Å². The summed E-state index contributed by atoms with van der Waals surface area (Å²) >= 11 is 0. The molecule has 1 fully saturated rings. The van der Waals surface area contributed by atoms with Gasteiger partial charge in [0.15, 0.2) is 0 Å². The number of methoxy groups -OCH3 is 1. The van der Waals surface area contributed by atoms with E-state index < -0.39 is 15.8 Å². The van der Waals surface area contributed by atoms with E-state index >= 15 is 0 Å². The quantitative estimate of drug-likeness (QED) is 0.624. The van der Waals surface area contributed by atoms with Crippen LogP contribution in [0.5, 0.6) is 5.75 Å². The number of nitrogens with one attached hydrogen (secondary N) is 1. The van der Waals surface area contributed by atoms with Crippen LogP contribution in [0.4, 0.5) is 16.2 Å². The molecule has 1 saturated heterocycles. The van der Waals surface area contributed by atoms with Crippen LogP contribution in [0, 0.1) is 5.82 Å². The lowest BCUT2D eigenvalue weighted by molar-refractivity contribution is 0.310. The first-order valence-corrected chi connectivity index (χ1v) is 11.3. The van der Waals surface area contributed by atoms with E-state index in [-0.39, 0.29) is 23.1 Å². The molecule has 1 aromatic carbocycles. The number of aromatic nitrogens is 3. The molecule has 1 aliphatic rings. The lowest BCUT2D eigenvalue weighted by atomic mass is 9.96. The van der Waals surface area contributed by atoms with E-state index in [9.17, 15) is 12.8 Å². The summed E-state index contributed by atoms with van der Waals surface area (Å²) in [6.45, 7) is 0.606. The monoisotopic (exact) mass is 443 g/mol. The first-order chi connectivity index (χ1) is 15.0. The van der Waals surface area contributed by atoms with E-state index in [0.29, 0.717) is 24.7 Å². The Hall–Kier alpha value is -3.11. The number of ether oxygens (including phenoxy) is 1. The summed E-state index contributed by atoms with van der Waals surface area (Å²) in [5.74, 6) is 0.405. The molecule has 0 amide bonds. The minimum Gasteiger partial charge on any atom is -0.495 e. The van der Waals surface area contributed by atoms with Crippen molar-refractivity contribution < 1.29 is 17.5 Å².